The van der Waals surface area contributed by atoms with E-state index in [-0.39, 0.29) is 0 Å². The lowest BCUT2D eigenvalue weighted by molar-refractivity contribution is 0.478. The molecule has 0 saturated heterocycles. The molecule has 0 aliphatic heterocycles. The maximum Gasteiger partial charge on any atom is 0.278 e. The van der Waals surface area contributed by atoms with Crippen molar-refractivity contribution in [3.8, 4) is 10.9 Å². The van der Waals surface area contributed by atoms with Crippen LogP contribution < -0.4 is 10.1 Å². The van der Waals surface area contributed by atoms with Gasteiger partial charge in [0.15, 0.2) is 0 Å². The van der Waals surface area contributed by atoms with Gasteiger partial charge >= 0.3 is 0 Å². The molecule has 17 heavy (non-hydrogen) atoms. The van der Waals surface area contributed by atoms with Gasteiger partial charge in [0.1, 0.15) is 5.75 Å². The van der Waals surface area contributed by atoms with Crippen molar-refractivity contribution in [1.82, 2.24) is 10.3 Å². The highest BCUT2D eigenvalue weighted by molar-refractivity contribution is 7.11. The fourth-order valence-corrected chi connectivity index (χ4v) is 1.95. The highest BCUT2D eigenvalue weighted by Gasteiger charge is 1.99. The molecular formula is C13H16N2OS. The molecule has 0 unspecified atom stereocenters. The van der Waals surface area contributed by atoms with Crippen LogP contribution in [0.15, 0.2) is 35.8 Å². The van der Waals surface area contributed by atoms with Gasteiger partial charge < -0.3 is 10.1 Å². The van der Waals surface area contributed by atoms with Crippen molar-refractivity contribution in [2.24, 2.45) is 0 Å². The summed E-state index contributed by atoms with van der Waals surface area (Å²) in [5.41, 5.74) is 1.27. The second kappa shape index (κ2) is 6.37. The van der Waals surface area contributed by atoms with Crippen molar-refractivity contribution in [3.05, 3.63) is 41.4 Å². The van der Waals surface area contributed by atoms with E-state index in [0.29, 0.717) is 5.19 Å². The Morgan fingerprint density at radius 2 is 2.12 bits per heavy atom. The van der Waals surface area contributed by atoms with E-state index in [0.717, 1.165) is 25.3 Å². The first kappa shape index (κ1) is 12.1. The summed E-state index contributed by atoms with van der Waals surface area (Å²) in [7, 11) is 0. The molecular weight excluding hydrogens is 232 g/mol. The van der Waals surface area contributed by atoms with Gasteiger partial charge in [-0.25, -0.2) is 4.98 Å². The number of ether oxygens (including phenoxy) is 1. The van der Waals surface area contributed by atoms with E-state index in [1.165, 1.54) is 16.9 Å². The standard InChI is InChI=1S/C13H16N2OS/c1-2-7-14-10-11-3-5-12(6-4-11)16-13-15-8-9-17-13/h3-6,8-9,14H,2,7,10H2,1H3. The first-order chi connectivity index (χ1) is 8.38. The molecule has 1 N–H and O–H groups in total. The Morgan fingerprint density at radius 1 is 1.29 bits per heavy atom. The normalized spacial score (nSPS) is 10.4. The number of nitrogens with one attached hydrogen (secondary N) is 1. The summed E-state index contributed by atoms with van der Waals surface area (Å²) in [6.45, 7) is 4.13. The Bertz CT molecular complexity index is 425. The molecule has 2 rings (SSSR count). The van der Waals surface area contributed by atoms with Gasteiger partial charge in [-0.1, -0.05) is 30.4 Å². The van der Waals surface area contributed by atoms with Gasteiger partial charge in [-0.2, -0.15) is 0 Å². The summed E-state index contributed by atoms with van der Waals surface area (Å²) < 4.78 is 5.59. The van der Waals surface area contributed by atoms with Gasteiger partial charge in [-0.15, -0.1) is 0 Å². The quantitative estimate of drug-likeness (QED) is 0.795. The van der Waals surface area contributed by atoms with Gasteiger partial charge in [0.2, 0.25) is 0 Å². The molecule has 0 aliphatic carbocycles. The van der Waals surface area contributed by atoms with Crippen LogP contribution in [0.5, 0.6) is 10.9 Å². The van der Waals surface area contributed by atoms with Crippen molar-refractivity contribution >= 4 is 11.3 Å². The Balaban J connectivity index is 1.89. The highest BCUT2D eigenvalue weighted by atomic mass is 32.1. The van der Waals surface area contributed by atoms with Crippen molar-refractivity contribution in [3.63, 3.8) is 0 Å². The van der Waals surface area contributed by atoms with Crippen molar-refractivity contribution in [1.29, 1.82) is 0 Å². The summed E-state index contributed by atoms with van der Waals surface area (Å²) in [5.74, 6) is 0.833. The van der Waals surface area contributed by atoms with Crippen LogP contribution in [0, 0.1) is 0 Å². The van der Waals surface area contributed by atoms with Crippen molar-refractivity contribution < 1.29 is 4.74 Å². The Morgan fingerprint density at radius 3 is 2.76 bits per heavy atom. The predicted octanol–water partition coefficient (Wildman–Crippen LogP) is 3.44. The van der Waals surface area contributed by atoms with E-state index in [4.69, 9.17) is 4.74 Å². The molecule has 0 saturated carbocycles. The minimum Gasteiger partial charge on any atom is -0.431 e. The number of nitrogens with zero attached hydrogens (tertiary/aromatic N) is 1. The van der Waals surface area contributed by atoms with E-state index >= 15 is 0 Å². The summed E-state index contributed by atoms with van der Waals surface area (Å²) in [6, 6.07) is 8.10. The van der Waals surface area contributed by atoms with Gasteiger partial charge in [0.05, 0.1) is 0 Å². The molecule has 0 radical (unpaired) electrons. The van der Waals surface area contributed by atoms with Crippen LogP contribution in [0.2, 0.25) is 0 Å². The summed E-state index contributed by atoms with van der Waals surface area (Å²) in [6.07, 6.45) is 2.90. The molecule has 0 fully saturated rings. The fourth-order valence-electron chi connectivity index (χ4n) is 1.45. The van der Waals surface area contributed by atoms with Crippen LogP contribution in [0.1, 0.15) is 18.9 Å². The Labute approximate surface area is 105 Å². The van der Waals surface area contributed by atoms with Crippen LogP contribution in [0.3, 0.4) is 0 Å². The molecule has 1 heterocycles. The van der Waals surface area contributed by atoms with Gasteiger partial charge in [-0.05, 0) is 30.7 Å². The fraction of sp³-hybridized carbons (Fsp3) is 0.308. The van der Waals surface area contributed by atoms with Gasteiger partial charge in [0, 0.05) is 18.1 Å². The molecule has 1 aromatic heterocycles. The second-order valence-corrected chi connectivity index (χ2v) is 4.58. The minimum absolute atomic E-state index is 0.682. The van der Waals surface area contributed by atoms with Crippen LogP contribution in [-0.2, 0) is 6.54 Å². The van der Waals surface area contributed by atoms with Crippen molar-refractivity contribution in [2.45, 2.75) is 19.9 Å². The van der Waals surface area contributed by atoms with Crippen molar-refractivity contribution in [2.75, 3.05) is 6.54 Å². The number of thiazole rings is 1. The third-order valence-electron chi connectivity index (χ3n) is 2.29. The topological polar surface area (TPSA) is 34.1 Å². The maximum atomic E-state index is 5.59. The average Bonchev–Trinajstić information content (AvgIpc) is 2.85. The second-order valence-electron chi connectivity index (χ2n) is 3.72. The summed E-state index contributed by atoms with van der Waals surface area (Å²) in [5, 5.41) is 5.95. The van der Waals surface area contributed by atoms with E-state index < -0.39 is 0 Å². The Hall–Kier alpha value is -1.39. The minimum atomic E-state index is 0.682. The smallest absolute Gasteiger partial charge is 0.278 e. The lowest BCUT2D eigenvalue weighted by atomic mass is 10.2. The van der Waals surface area contributed by atoms with Crippen LogP contribution >= 0.6 is 11.3 Å². The first-order valence-electron chi connectivity index (χ1n) is 5.75. The predicted molar refractivity (Wildman–Crippen MR) is 70.6 cm³/mol. The zero-order chi connectivity index (χ0) is 11.9. The number of benzene rings is 1. The lowest BCUT2D eigenvalue weighted by Gasteiger charge is -2.05. The largest absolute Gasteiger partial charge is 0.431 e. The van der Waals surface area contributed by atoms with E-state index in [9.17, 15) is 0 Å². The molecule has 4 heteroatoms. The van der Waals surface area contributed by atoms with E-state index in [2.05, 4.69) is 29.4 Å². The average molecular weight is 248 g/mol. The molecule has 0 spiro atoms. The highest BCUT2D eigenvalue weighted by Crippen LogP contribution is 2.23. The lowest BCUT2D eigenvalue weighted by Crippen LogP contribution is -2.13. The summed E-state index contributed by atoms with van der Waals surface area (Å²) in [4.78, 5) is 4.08. The van der Waals surface area contributed by atoms with E-state index in [1.807, 2.05) is 17.5 Å². The zero-order valence-corrected chi connectivity index (χ0v) is 10.7. The van der Waals surface area contributed by atoms with Gasteiger partial charge in [-0.3, -0.25) is 0 Å². The maximum absolute atomic E-state index is 5.59. The third-order valence-corrected chi connectivity index (χ3v) is 2.94. The molecule has 2 aromatic rings. The SMILES string of the molecule is CCCNCc1ccc(Oc2nccs2)cc1. The number of rotatable bonds is 6. The van der Waals surface area contributed by atoms with Crippen LogP contribution in [-0.4, -0.2) is 11.5 Å². The zero-order valence-electron chi connectivity index (χ0n) is 9.85. The van der Waals surface area contributed by atoms with E-state index in [1.54, 1.807) is 6.20 Å². The molecule has 90 valence electrons. The van der Waals surface area contributed by atoms with Crippen LogP contribution in [0.25, 0.3) is 0 Å². The first-order valence-corrected chi connectivity index (χ1v) is 6.63. The van der Waals surface area contributed by atoms with Crippen LogP contribution in [0.4, 0.5) is 0 Å². The summed E-state index contributed by atoms with van der Waals surface area (Å²) >= 11 is 1.49. The molecule has 0 aliphatic rings. The third kappa shape index (κ3) is 3.84. The number of hydrogen-bond acceptors (Lipinski definition) is 4. The van der Waals surface area contributed by atoms with Gasteiger partial charge in [0.25, 0.3) is 5.19 Å². The Kier molecular flexibility index (Phi) is 4.53. The monoisotopic (exact) mass is 248 g/mol. The molecule has 0 atom stereocenters. The molecule has 0 bridgehead atoms. The molecule has 0 amide bonds. The molecule has 3 nitrogen and oxygen atoms in total. The number of aromatic nitrogens is 1. The molecule has 1 aromatic carbocycles. The number of hydrogen-bond donors (Lipinski definition) is 1.